The average Bonchev–Trinajstić information content (AvgIpc) is 2.46. The number of rotatable bonds is 5. The number of carboxylic acids is 1. The zero-order valence-corrected chi connectivity index (χ0v) is 13.2. The van der Waals surface area contributed by atoms with Crippen LogP contribution in [0.2, 0.25) is 0 Å². The van der Waals surface area contributed by atoms with Gasteiger partial charge in [0.05, 0.1) is 11.3 Å². The number of carbonyl (C=O) groups excluding carboxylic acids is 1. The predicted octanol–water partition coefficient (Wildman–Crippen LogP) is 2.28. The topological polar surface area (TPSA) is 113 Å². The van der Waals surface area contributed by atoms with Crippen molar-refractivity contribution in [2.75, 3.05) is 10.0 Å². The van der Waals surface area contributed by atoms with Crippen LogP contribution >= 0.6 is 0 Å². The summed E-state index contributed by atoms with van der Waals surface area (Å²) in [7, 11) is -4.35. The fourth-order valence-electron chi connectivity index (χ4n) is 1.92. The lowest BCUT2D eigenvalue weighted by Gasteiger charge is -2.11. The van der Waals surface area contributed by atoms with Gasteiger partial charge in [0, 0.05) is 12.6 Å². The van der Waals surface area contributed by atoms with Gasteiger partial charge in [0.25, 0.3) is 10.0 Å². The van der Waals surface area contributed by atoms with E-state index in [1.807, 2.05) is 0 Å². The van der Waals surface area contributed by atoms with Crippen molar-refractivity contribution in [3.63, 3.8) is 0 Å². The van der Waals surface area contributed by atoms with Gasteiger partial charge < -0.3 is 10.4 Å². The zero-order valence-electron chi connectivity index (χ0n) is 12.4. The second kappa shape index (κ2) is 6.67. The van der Waals surface area contributed by atoms with Gasteiger partial charge >= 0.3 is 5.97 Å². The lowest BCUT2D eigenvalue weighted by atomic mass is 10.2. The van der Waals surface area contributed by atoms with Crippen molar-refractivity contribution in [2.24, 2.45) is 0 Å². The van der Waals surface area contributed by atoms with E-state index in [9.17, 15) is 22.4 Å². The molecule has 0 saturated heterocycles. The molecule has 2 aromatic carbocycles. The molecule has 9 heteroatoms. The Morgan fingerprint density at radius 1 is 1.08 bits per heavy atom. The van der Waals surface area contributed by atoms with Crippen LogP contribution in [-0.2, 0) is 14.8 Å². The smallest absolute Gasteiger partial charge is 0.335 e. The molecule has 3 N–H and O–H groups in total. The molecule has 0 heterocycles. The molecule has 24 heavy (non-hydrogen) atoms. The van der Waals surface area contributed by atoms with E-state index < -0.39 is 26.7 Å². The van der Waals surface area contributed by atoms with Gasteiger partial charge in [0.15, 0.2) is 0 Å². The number of aromatic carboxylic acids is 1. The molecule has 0 bridgehead atoms. The maximum atomic E-state index is 13.8. The molecule has 2 rings (SSSR count). The van der Waals surface area contributed by atoms with Crippen molar-refractivity contribution in [3.8, 4) is 0 Å². The molecule has 1 amide bonds. The Kier molecular flexibility index (Phi) is 4.84. The number of carbonyl (C=O) groups is 2. The van der Waals surface area contributed by atoms with Crippen LogP contribution in [0.1, 0.15) is 17.3 Å². The third-order valence-electron chi connectivity index (χ3n) is 2.90. The number of benzene rings is 2. The van der Waals surface area contributed by atoms with E-state index in [-0.39, 0.29) is 17.2 Å². The molecule has 0 atom stereocenters. The molecule has 126 valence electrons. The van der Waals surface area contributed by atoms with Gasteiger partial charge in [-0.05, 0) is 36.4 Å². The van der Waals surface area contributed by atoms with Gasteiger partial charge in [-0.15, -0.1) is 0 Å². The summed E-state index contributed by atoms with van der Waals surface area (Å²) in [6, 6.07) is 8.26. The van der Waals surface area contributed by atoms with E-state index in [2.05, 4.69) is 10.0 Å². The van der Waals surface area contributed by atoms with Crippen molar-refractivity contribution < 1.29 is 27.5 Å². The van der Waals surface area contributed by atoms with E-state index in [0.29, 0.717) is 5.69 Å². The fraction of sp³-hybridized carbons (Fsp3) is 0.0667. The van der Waals surface area contributed by atoms with Crippen LogP contribution in [0.3, 0.4) is 0 Å². The van der Waals surface area contributed by atoms with Gasteiger partial charge in [-0.1, -0.05) is 6.07 Å². The van der Waals surface area contributed by atoms with Gasteiger partial charge in [-0.3, -0.25) is 9.52 Å². The van der Waals surface area contributed by atoms with E-state index in [1.165, 1.54) is 25.1 Å². The predicted molar refractivity (Wildman–Crippen MR) is 84.9 cm³/mol. The molecule has 0 spiro atoms. The van der Waals surface area contributed by atoms with E-state index in [4.69, 9.17) is 5.11 Å². The zero-order chi connectivity index (χ0) is 17.9. The van der Waals surface area contributed by atoms with Crippen molar-refractivity contribution in [2.45, 2.75) is 11.8 Å². The highest BCUT2D eigenvalue weighted by Crippen LogP contribution is 2.22. The quantitative estimate of drug-likeness (QED) is 0.764. The Balaban J connectivity index is 2.37. The summed E-state index contributed by atoms with van der Waals surface area (Å²) in [4.78, 5) is 21.2. The monoisotopic (exact) mass is 352 g/mol. The molecule has 0 fully saturated rings. The third kappa shape index (κ3) is 4.07. The van der Waals surface area contributed by atoms with Crippen LogP contribution < -0.4 is 10.0 Å². The van der Waals surface area contributed by atoms with Crippen LogP contribution in [0.15, 0.2) is 47.4 Å². The molecule has 0 aliphatic heterocycles. The number of hydrogen-bond acceptors (Lipinski definition) is 4. The second-order valence-corrected chi connectivity index (χ2v) is 6.47. The Morgan fingerprint density at radius 3 is 2.38 bits per heavy atom. The number of nitrogens with one attached hydrogen (secondary N) is 2. The first kappa shape index (κ1) is 17.4. The summed E-state index contributed by atoms with van der Waals surface area (Å²) in [6.45, 7) is 1.30. The highest BCUT2D eigenvalue weighted by atomic mass is 32.2. The van der Waals surface area contributed by atoms with Gasteiger partial charge in [-0.25, -0.2) is 17.6 Å². The Morgan fingerprint density at radius 2 is 1.75 bits per heavy atom. The lowest BCUT2D eigenvalue weighted by Crippen LogP contribution is -2.16. The summed E-state index contributed by atoms with van der Waals surface area (Å²) in [5.41, 5.74) is 0.0765. The maximum Gasteiger partial charge on any atom is 0.335 e. The van der Waals surface area contributed by atoms with Crippen molar-refractivity contribution in [1.29, 1.82) is 0 Å². The summed E-state index contributed by atoms with van der Waals surface area (Å²) in [5, 5.41) is 11.4. The van der Waals surface area contributed by atoms with Crippen molar-refractivity contribution >= 4 is 33.3 Å². The largest absolute Gasteiger partial charge is 0.478 e. The standard InChI is InChI=1S/C15H13FN2O5S/c1-9(19)17-11-3-2-4-12(8-11)18-24(22,23)14-7-10(15(20)21)5-6-13(14)16/h2-8,18H,1H3,(H,17,19)(H,20,21). The molecular formula is C15H13FN2O5S. The first-order valence-electron chi connectivity index (χ1n) is 6.62. The summed E-state index contributed by atoms with van der Waals surface area (Å²) in [6.07, 6.45) is 0. The van der Waals surface area contributed by atoms with E-state index in [0.717, 1.165) is 18.2 Å². The van der Waals surface area contributed by atoms with Crippen LogP contribution in [-0.4, -0.2) is 25.4 Å². The minimum atomic E-state index is -4.35. The van der Waals surface area contributed by atoms with Crippen molar-refractivity contribution in [1.82, 2.24) is 0 Å². The normalized spacial score (nSPS) is 10.9. The first-order chi connectivity index (χ1) is 11.2. The molecule has 0 radical (unpaired) electrons. The van der Waals surface area contributed by atoms with Gasteiger partial charge in [0.2, 0.25) is 5.91 Å². The maximum absolute atomic E-state index is 13.8. The number of sulfonamides is 1. The molecule has 7 nitrogen and oxygen atoms in total. The van der Waals surface area contributed by atoms with Crippen LogP contribution in [0.25, 0.3) is 0 Å². The Labute approximate surface area is 137 Å². The van der Waals surface area contributed by atoms with Crippen LogP contribution in [0.5, 0.6) is 0 Å². The highest BCUT2D eigenvalue weighted by Gasteiger charge is 2.21. The third-order valence-corrected chi connectivity index (χ3v) is 4.30. The minimum absolute atomic E-state index is 0.0846. The summed E-state index contributed by atoms with van der Waals surface area (Å²) in [5.74, 6) is -2.79. The lowest BCUT2D eigenvalue weighted by molar-refractivity contribution is -0.114. The van der Waals surface area contributed by atoms with E-state index in [1.54, 1.807) is 6.07 Å². The fourth-order valence-corrected chi connectivity index (χ4v) is 3.07. The van der Waals surface area contributed by atoms with Gasteiger partial charge in [0.1, 0.15) is 10.7 Å². The number of hydrogen-bond donors (Lipinski definition) is 3. The van der Waals surface area contributed by atoms with E-state index >= 15 is 0 Å². The van der Waals surface area contributed by atoms with Crippen molar-refractivity contribution in [3.05, 3.63) is 53.8 Å². The molecule has 0 aliphatic rings. The number of carboxylic acid groups (broad SMARTS) is 1. The van der Waals surface area contributed by atoms with Crippen LogP contribution in [0.4, 0.5) is 15.8 Å². The molecule has 0 unspecified atom stereocenters. The Bertz CT molecular complexity index is 912. The summed E-state index contributed by atoms with van der Waals surface area (Å²) < 4.78 is 40.6. The molecule has 2 aromatic rings. The second-order valence-electron chi connectivity index (χ2n) is 4.82. The van der Waals surface area contributed by atoms with Gasteiger partial charge in [-0.2, -0.15) is 0 Å². The molecule has 0 aromatic heterocycles. The number of amides is 1. The first-order valence-corrected chi connectivity index (χ1v) is 8.10. The summed E-state index contributed by atoms with van der Waals surface area (Å²) >= 11 is 0. The molecular weight excluding hydrogens is 339 g/mol. The highest BCUT2D eigenvalue weighted by molar-refractivity contribution is 7.92. The number of anilines is 2. The average molecular weight is 352 g/mol. The Hall–Kier alpha value is -2.94. The molecule has 0 saturated carbocycles. The molecule has 0 aliphatic carbocycles. The number of halogens is 1. The van der Waals surface area contributed by atoms with Crippen LogP contribution in [0, 0.1) is 5.82 Å². The minimum Gasteiger partial charge on any atom is -0.478 e. The SMILES string of the molecule is CC(=O)Nc1cccc(NS(=O)(=O)c2cc(C(=O)O)ccc2F)c1.